The number of nitrogens with zero attached hydrogens (tertiary/aromatic N) is 1. The number of pyridine rings is 1. The van der Waals surface area contributed by atoms with Crippen molar-refractivity contribution in [2.75, 3.05) is 11.9 Å². The predicted octanol–water partition coefficient (Wildman–Crippen LogP) is 2.29. The van der Waals surface area contributed by atoms with Crippen LogP contribution in [0.2, 0.25) is 0 Å². The number of benzene rings is 1. The molecule has 0 radical (unpaired) electrons. The molecule has 0 saturated heterocycles. The molecule has 20 heavy (non-hydrogen) atoms. The standard InChI is InChI=1S/C16H17N3O/c1-11-9-12(5-8-18-11)16(20)19-15-4-2-3-13-10-17-7-6-14(13)15/h2-5,8-9,17H,6-7,10H2,1H3,(H,19,20). The van der Waals surface area contributed by atoms with E-state index in [0.717, 1.165) is 30.9 Å². The maximum absolute atomic E-state index is 12.3. The van der Waals surface area contributed by atoms with Crippen molar-refractivity contribution >= 4 is 11.6 Å². The van der Waals surface area contributed by atoms with Gasteiger partial charge < -0.3 is 10.6 Å². The smallest absolute Gasteiger partial charge is 0.255 e. The molecule has 4 nitrogen and oxygen atoms in total. The lowest BCUT2D eigenvalue weighted by atomic mass is 9.99. The van der Waals surface area contributed by atoms with Gasteiger partial charge in [0.25, 0.3) is 5.91 Å². The van der Waals surface area contributed by atoms with Gasteiger partial charge in [0.1, 0.15) is 0 Å². The van der Waals surface area contributed by atoms with E-state index in [1.807, 2.05) is 19.1 Å². The van der Waals surface area contributed by atoms with E-state index < -0.39 is 0 Å². The van der Waals surface area contributed by atoms with Crippen molar-refractivity contribution in [3.63, 3.8) is 0 Å². The van der Waals surface area contributed by atoms with Crippen molar-refractivity contribution in [1.82, 2.24) is 10.3 Å². The van der Waals surface area contributed by atoms with Crippen LogP contribution in [0.3, 0.4) is 0 Å². The molecule has 102 valence electrons. The third kappa shape index (κ3) is 2.56. The summed E-state index contributed by atoms with van der Waals surface area (Å²) >= 11 is 0. The molecule has 1 aromatic heterocycles. The van der Waals surface area contributed by atoms with Gasteiger partial charge in [0, 0.05) is 29.7 Å². The van der Waals surface area contributed by atoms with Gasteiger partial charge in [-0.1, -0.05) is 12.1 Å². The van der Waals surface area contributed by atoms with Crippen LogP contribution in [0, 0.1) is 6.92 Å². The maximum atomic E-state index is 12.3. The molecule has 2 N–H and O–H groups in total. The lowest BCUT2D eigenvalue weighted by Gasteiger charge is -2.20. The zero-order valence-electron chi connectivity index (χ0n) is 11.4. The third-order valence-corrected chi connectivity index (χ3v) is 3.55. The molecule has 0 aliphatic carbocycles. The first-order chi connectivity index (χ1) is 9.74. The fraction of sp³-hybridized carbons (Fsp3) is 0.250. The summed E-state index contributed by atoms with van der Waals surface area (Å²) in [5.41, 5.74) is 4.91. The Morgan fingerprint density at radius 2 is 2.25 bits per heavy atom. The molecule has 1 aliphatic heterocycles. The highest BCUT2D eigenvalue weighted by molar-refractivity contribution is 6.04. The van der Waals surface area contributed by atoms with Crippen molar-refractivity contribution in [2.24, 2.45) is 0 Å². The van der Waals surface area contributed by atoms with Crippen LogP contribution in [-0.4, -0.2) is 17.4 Å². The molecule has 0 bridgehead atoms. The second-order valence-electron chi connectivity index (χ2n) is 5.01. The average Bonchev–Trinajstić information content (AvgIpc) is 2.47. The van der Waals surface area contributed by atoms with E-state index >= 15 is 0 Å². The third-order valence-electron chi connectivity index (χ3n) is 3.55. The Morgan fingerprint density at radius 1 is 1.35 bits per heavy atom. The first-order valence-corrected chi connectivity index (χ1v) is 6.79. The first kappa shape index (κ1) is 12.8. The van der Waals surface area contributed by atoms with Gasteiger partial charge in [0.2, 0.25) is 0 Å². The lowest BCUT2D eigenvalue weighted by molar-refractivity contribution is 0.102. The summed E-state index contributed by atoms with van der Waals surface area (Å²) < 4.78 is 0. The number of amides is 1. The molecule has 0 atom stereocenters. The summed E-state index contributed by atoms with van der Waals surface area (Å²) in [5.74, 6) is -0.0811. The van der Waals surface area contributed by atoms with Gasteiger partial charge in [-0.25, -0.2) is 0 Å². The molecule has 0 spiro atoms. The highest BCUT2D eigenvalue weighted by Crippen LogP contribution is 2.23. The normalized spacial score (nSPS) is 13.7. The molecule has 1 aliphatic rings. The monoisotopic (exact) mass is 267 g/mol. The Balaban J connectivity index is 1.86. The van der Waals surface area contributed by atoms with E-state index in [4.69, 9.17) is 0 Å². The quantitative estimate of drug-likeness (QED) is 0.877. The van der Waals surface area contributed by atoms with Crippen LogP contribution >= 0.6 is 0 Å². The summed E-state index contributed by atoms with van der Waals surface area (Å²) in [6.07, 6.45) is 2.61. The van der Waals surface area contributed by atoms with Crippen LogP contribution in [0.4, 0.5) is 5.69 Å². The number of carbonyl (C=O) groups is 1. The molecule has 2 heterocycles. The highest BCUT2D eigenvalue weighted by Gasteiger charge is 2.14. The van der Waals surface area contributed by atoms with Gasteiger partial charge in [-0.05, 0) is 49.2 Å². The molecule has 1 amide bonds. The Hall–Kier alpha value is -2.20. The molecule has 3 rings (SSSR count). The Morgan fingerprint density at radius 3 is 3.10 bits per heavy atom. The first-order valence-electron chi connectivity index (χ1n) is 6.79. The molecule has 1 aromatic carbocycles. The number of nitrogens with one attached hydrogen (secondary N) is 2. The molecule has 0 unspecified atom stereocenters. The predicted molar refractivity (Wildman–Crippen MR) is 78.8 cm³/mol. The van der Waals surface area contributed by atoms with E-state index in [1.54, 1.807) is 18.3 Å². The Kier molecular flexibility index (Phi) is 3.48. The topological polar surface area (TPSA) is 54.0 Å². The van der Waals surface area contributed by atoms with Crippen LogP contribution in [0.25, 0.3) is 0 Å². The number of aromatic nitrogens is 1. The van der Waals surface area contributed by atoms with Gasteiger partial charge >= 0.3 is 0 Å². The Labute approximate surface area is 118 Å². The van der Waals surface area contributed by atoms with E-state index in [2.05, 4.69) is 21.7 Å². The molecular weight excluding hydrogens is 250 g/mol. The van der Waals surface area contributed by atoms with E-state index in [9.17, 15) is 4.79 Å². The summed E-state index contributed by atoms with van der Waals surface area (Å²) in [5, 5.41) is 6.36. The molecule has 0 fully saturated rings. The number of rotatable bonds is 2. The fourth-order valence-corrected chi connectivity index (χ4v) is 2.53. The minimum atomic E-state index is -0.0811. The van der Waals surface area contributed by atoms with Crippen LogP contribution < -0.4 is 10.6 Å². The zero-order valence-corrected chi connectivity index (χ0v) is 11.4. The molecular formula is C16H17N3O. The van der Waals surface area contributed by atoms with Crippen LogP contribution in [0.15, 0.2) is 36.5 Å². The van der Waals surface area contributed by atoms with E-state index in [0.29, 0.717) is 5.56 Å². The zero-order chi connectivity index (χ0) is 13.9. The SMILES string of the molecule is Cc1cc(C(=O)Nc2cccc3c2CCNC3)ccn1. The molecule has 2 aromatic rings. The van der Waals surface area contributed by atoms with Crippen molar-refractivity contribution in [3.8, 4) is 0 Å². The Bertz CT molecular complexity index is 652. The maximum Gasteiger partial charge on any atom is 0.255 e. The summed E-state index contributed by atoms with van der Waals surface area (Å²) in [6.45, 7) is 3.70. The van der Waals surface area contributed by atoms with Crippen molar-refractivity contribution in [3.05, 3.63) is 58.9 Å². The minimum Gasteiger partial charge on any atom is -0.322 e. The lowest BCUT2D eigenvalue weighted by Crippen LogP contribution is -2.25. The summed E-state index contributed by atoms with van der Waals surface area (Å²) in [6, 6.07) is 9.59. The second kappa shape index (κ2) is 5.43. The van der Waals surface area contributed by atoms with Gasteiger partial charge in [0.05, 0.1) is 0 Å². The van der Waals surface area contributed by atoms with Gasteiger partial charge in [0.15, 0.2) is 0 Å². The van der Waals surface area contributed by atoms with E-state index in [-0.39, 0.29) is 5.91 Å². The highest BCUT2D eigenvalue weighted by atomic mass is 16.1. The van der Waals surface area contributed by atoms with Gasteiger partial charge in [-0.2, -0.15) is 0 Å². The van der Waals surface area contributed by atoms with Crippen LogP contribution in [0.5, 0.6) is 0 Å². The number of anilines is 1. The van der Waals surface area contributed by atoms with Crippen molar-refractivity contribution in [2.45, 2.75) is 19.9 Å². The van der Waals surface area contributed by atoms with Crippen molar-refractivity contribution in [1.29, 1.82) is 0 Å². The second-order valence-corrected chi connectivity index (χ2v) is 5.01. The number of carbonyl (C=O) groups excluding carboxylic acids is 1. The number of aryl methyl sites for hydroxylation is 1. The van der Waals surface area contributed by atoms with Crippen molar-refractivity contribution < 1.29 is 4.79 Å². The largest absolute Gasteiger partial charge is 0.322 e. The van der Waals surface area contributed by atoms with E-state index in [1.165, 1.54) is 11.1 Å². The minimum absolute atomic E-state index is 0.0811. The number of hydrogen-bond acceptors (Lipinski definition) is 3. The van der Waals surface area contributed by atoms with Crippen LogP contribution in [-0.2, 0) is 13.0 Å². The van der Waals surface area contributed by atoms with Gasteiger partial charge in [-0.3, -0.25) is 9.78 Å². The fourth-order valence-electron chi connectivity index (χ4n) is 2.53. The number of hydrogen-bond donors (Lipinski definition) is 2. The summed E-state index contributed by atoms with van der Waals surface area (Å²) in [7, 11) is 0. The van der Waals surface area contributed by atoms with Crippen LogP contribution in [0.1, 0.15) is 27.2 Å². The summed E-state index contributed by atoms with van der Waals surface area (Å²) in [4.78, 5) is 16.4. The molecule has 4 heteroatoms. The number of fused-ring (bicyclic) bond motifs is 1. The average molecular weight is 267 g/mol. The molecule has 0 saturated carbocycles. The van der Waals surface area contributed by atoms with Gasteiger partial charge in [-0.15, -0.1) is 0 Å².